The minimum Gasteiger partial charge on any atom is -0.384 e. The molecule has 2 unspecified atom stereocenters. The lowest BCUT2D eigenvalue weighted by atomic mass is 9.70. The van der Waals surface area contributed by atoms with Crippen LogP contribution in [0.3, 0.4) is 0 Å². The third-order valence-electron chi connectivity index (χ3n) is 3.86. The molecular formula is C13H14ClNO3S. The Morgan fingerprint density at radius 1 is 1.42 bits per heavy atom. The number of halogens is 1. The average molecular weight is 300 g/mol. The molecule has 0 amide bonds. The molecule has 19 heavy (non-hydrogen) atoms. The lowest BCUT2D eigenvalue weighted by molar-refractivity contribution is -0.0323. The normalized spacial score (nSPS) is 28.5. The maximum Gasteiger partial charge on any atom is 0.152 e. The van der Waals surface area contributed by atoms with Crippen LogP contribution in [0.4, 0.5) is 0 Å². The summed E-state index contributed by atoms with van der Waals surface area (Å²) >= 11 is 5.79. The van der Waals surface area contributed by atoms with Crippen LogP contribution < -0.4 is 0 Å². The standard InChI is InChI=1S/C13H14ClNO3S/c1-12(16,10-2-4-11(14)5-3-10)13(8-15)6-7-19(17,18)9-13/h2-5,16H,6-7,9H2,1H3. The number of sulfone groups is 1. The highest BCUT2D eigenvalue weighted by atomic mass is 35.5. The van der Waals surface area contributed by atoms with Crippen molar-refractivity contribution >= 4 is 21.4 Å². The van der Waals surface area contributed by atoms with E-state index in [0.717, 1.165) is 0 Å². The van der Waals surface area contributed by atoms with E-state index in [0.29, 0.717) is 10.6 Å². The molecule has 1 heterocycles. The Morgan fingerprint density at radius 3 is 2.42 bits per heavy atom. The van der Waals surface area contributed by atoms with Gasteiger partial charge in [-0.1, -0.05) is 23.7 Å². The Labute approximate surface area is 117 Å². The van der Waals surface area contributed by atoms with Gasteiger partial charge in [0, 0.05) is 5.02 Å². The minimum atomic E-state index is -3.27. The number of nitriles is 1. The number of nitrogens with zero attached hydrogens (tertiary/aromatic N) is 1. The van der Waals surface area contributed by atoms with E-state index in [1.165, 1.54) is 6.92 Å². The van der Waals surface area contributed by atoms with Crippen molar-refractivity contribution in [2.75, 3.05) is 11.5 Å². The Kier molecular flexibility index (Phi) is 3.38. The molecule has 2 atom stereocenters. The smallest absolute Gasteiger partial charge is 0.152 e. The number of rotatable bonds is 2. The van der Waals surface area contributed by atoms with E-state index in [9.17, 15) is 18.8 Å². The van der Waals surface area contributed by atoms with E-state index in [-0.39, 0.29) is 17.9 Å². The molecule has 1 aromatic carbocycles. The molecule has 0 spiro atoms. The van der Waals surface area contributed by atoms with E-state index in [4.69, 9.17) is 11.6 Å². The third kappa shape index (κ3) is 2.36. The average Bonchev–Trinajstić information content (AvgIpc) is 2.67. The van der Waals surface area contributed by atoms with E-state index < -0.39 is 20.9 Å². The Bertz CT molecular complexity index is 631. The third-order valence-corrected chi connectivity index (χ3v) is 5.87. The number of aliphatic hydroxyl groups is 1. The highest BCUT2D eigenvalue weighted by Crippen LogP contribution is 2.47. The van der Waals surface area contributed by atoms with Crippen LogP contribution in [0, 0.1) is 16.7 Å². The minimum absolute atomic E-state index is 0.0652. The maximum atomic E-state index is 11.7. The molecule has 2 rings (SSSR count). The maximum absolute atomic E-state index is 11.7. The van der Waals surface area contributed by atoms with Gasteiger partial charge in [0.2, 0.25) is 0 Å². The summed E-state index contributed by atoms with van der Waals surface area (Å²) in [6.07, 6.45) is 0.140. The lowest BCUT2D eigenvalue weighted by Gasteiger charge is -2.36. The van der Waals surface area contributed by atoms with Gasteiger partial charge in [-0.2, -0.15) is 5.26 Å². The van der Waals surface area contributed by atoms with Crippen LogP contribution in [-0.2, 0) is 15.4 Å². The molecule has 0 bridgehead atoms. The predicted molar refractivity (Wildman–Crippen MR) is 72.3 cm³/mol. The van der Waals surface area contributed by atoms with Gasteiger partial charge in [0.25, 0.3) is 0 Å². The second-order valence-electron chi connectivity index (χ2n) is 5.12. The second-order valence-corrected chi connectivity index (χ2v) is 7.74. The largest absolute Gasteiger partial charge is 0.384 e. The van der Waals surface area contributed by atoms with Crippen molar-refractivity contribution in [3.63, 3.8) is 0 Å². The zero-order valence-electron chi connectivity index (χ0n) is 10.4. The molecule has 1 aromatic rings. The number of hydrogen-bond acceptors (Lipinski definition) is 4. The molecule has 0 aliphatic carbocycles. The van der Waals surface area contributed by atoms with Crippen LogP contribution in [-0.4, -0.2) is 25.0 Å². The summed E-state index contributed by atoms with van der Waals surface area (Å²) in [7, 11) is -3.27. The van der Waals surface area contributed by atoms with Gasteiger partial charge in [0.15, 0.2) is 9.84 Å². The van der Waals surface area contributed by atoms with Crippen molar-refractivity contribution < 1.29 is 13.5 Å². The highest BCUT2D eigenvalue weighted by Gasteiger charge is 2.55. The Hall–Kier alpha value is -1.09. The molecule has 1 fully saturated rings. The van der Waals surface area contributed by atoms with Crippen molar-refractivity contribution in [2.45, 2.75) is 18.9 Å². The van der Waals surface area contributed by atoms with E-state index >= 15 is 0 Å². The zero-order chi connectivity index (χ0) is 14.3. The van der Waals surface area contributed by atoms with Gasteiger partial charge in [-0.25, -0.2) is 8.42 Å². The van der Waals surface area contributed by atoms with Crippen molar-refractivity contribution in [2.24, 2.45) is 5.41 Å². The first kappa shape index (κ1) is 14.3. The van der Waals surface area contributed by atoms with E-state index in [1.807, 2.05) is 6.07 Å². The molecule has 1 aliphatic heterocycles. The summed E-state index contributed by atoms with van der Waals surface area (Å²) in [5.41, 5.74) is -2.34. The van der Waals surface area contributed by atoms with Gasteiger partial charge in [0.05, 0.1) is 17.6 Å². The van der Waals surface area contributed by atoms with Gasteiger partial charge in [-0.05, 0) is 31.0 Å². The molecule has 4 nitrogen and oxygen atoms in total. The molecule has 1 N–H and O–H groups in total. The van der Waals surface area contributed by atoms with Crippen molar-refractivity contribution in [3.8, 4) is 6.07 Å². The number of hydrogen-bond donors (Lipinski definition) is 1. The fourth-order valence-electron chi connectivity index (χ4n) is 2.48. The Balaban J connectivity index is 2.49. The fourth-order valence-corrected chi connectivity index (χ4v) is 4.65. The molecule has 1 aliphatic rings. The van der Waals surface area contributed by atoms with Gasteiger partial charge in [-0.3, -0.25) is 0 Å². The SMILES string of the molecule is CC(O)(c1ccc(Cl)cc1)C1(C#N)CCS(=O)(=O)C1. The van der Waals surface area contributed by atoms with E-state index in [1.54, 1.807) is 24.3 Å². The van der Waals surface area contributed by atoms with Crippen molar-refractivity contribution in [1.82, 2.24) is 0 Å². The molecule has 102 valence electrons. The van der Waals surface area contributed by atoms with E-state index in [2.05, 4.69) is 0 Å². The lowest BCUT2D eigenvalue weighted by Crippen LogP contribution is -2.43. The van der Waals surface area contributed by atoms with Gasteiger partial charge >= 0.3 is 0 Å². The Morgan fingerprint density at radius 2 is 2.00 bits per heavy atom. The first-order valence-corrected chi connectivity index (χ1v) is 8.02. The van der Waals surface area contributed by atoms with Crippen LogP contribution in [0.15, 0.2) is 24.3 Å². The van der Waals surface area contributed by atoms with Gasteiger partial charge in [-0.15, -0.1) is 0 Å². The topological polar surface area (TPSA) is 78.2 Å². The first-order valence-electron chi connectivity index (χ1n) is 5.83. The summed E-state index contributed by atoms with van der Waals surface area (Å²) in [6, 6.07) is 8.48. The molecular weight excluding hydrogens is 286 g/mol. The zero-order valence-corrected chi connectivity index (χ0v) is 12.0. The summed E-state index contributed by atoms with van der Waals surface area (Å²) in [6.45, 7) is 1.49. The molecule has 1 saturated heterocycles. The van der Waals surface area contributed by atoms with Crippen LogP contribution in [0.5, 0.6) is 0 Å². The molecule has 6 heteroatoms. The van der Waals surface area contributed by atoms with Gasteiger partial charge in [0.1, 0.15) is 11.0 Å². The van der Waals surface area contributed by atoms with Crippen LogP contribution in [0.2, 0.25) is 5.02 Å². The summed E-state index contributed by atoms with van der Waals surface area (Å²) in [5, 5.41) is 20.6. The number of benzene rings is 1. The monoisotopic (exact) mass is 299 g/mol. The summed E-state index contributed by atoms with van der Waals surface area (Å²) in [5.74, 6) is -0.379. The highest BCUT2D eigenvalue weighted by molar-refractivity contribution is 7.91. The quantitative estimate of drug-likeness (QED) is 0.904. The summed E-state index contributed by atoms with van der Waals surface area (Å²) in [4.78, 5) is 0. The predicted octanol–water partition coefficient (Wildman–Crippen LogP) is 1.88. The first-order chi connectivity index (χ1) is 8.72. The fraction of sp³-hybridized carbons (Fsp3) is 0.462. The van der Waals surface area contributed by atoms with Crippen molar-refractivity contribution in [1.29, 1.82) is 5.26 Å². The van der Waals surface area contributed by atoms with Gasteiger partial charge < -0.3 is 5.11 Å². The van der Waals surface area contributed by atoms with Crippen LogP contribution in [0.1, 0.15) is 18.9 Å². The molecule has 0 radical (unpaired) electrons. The van der Waals surface area contributed by atoms with Crippen molar-refractivity contribution in [3.05, 3.63) is 34.9 Å². The molecule has 0 saturated carbocycles. The van der Waals surface area contributed by atoms with Crippen LogP contribution in [0.25, 0.3) is 0 Å². The summed E-state index contributed by atoms with van der Waals surface area (Å²) < 4.78 is 23.3. The second kappa shape index (κ2) is 4.48. The van der Waals surface area contributed by atoms with Crippen LogP contribution >= 0.6 is 11.6 Å². The molecule has 0 aromatic heterocycles.